The van der Waals surface area contributed by atoms with Crippen molar-refractivity contribution in [1.29, 1.82) is 0 Å². The molecule has 0 spiro atoms. The van der Waals surface area contributed by atoms with Crippen LogP contribution in [0.25, 0.3) is 11.8 Å². The van der Waals surface area contributed by atoms with Gasteiger partial charge in [-0.1, -0.05) is 24.3 Å². The molecule has 0 fully saturated rings. The summed E-state index contributed by atoms with van der Waals surface area (Å²) in [4.78, 5) is 14.0. The van der Waals surface area contributed by atoms with E-state index in [0.29, 0.717) is 6.54 Å². The minimum Gasteiger partial charge on any atom is -0.454 e. The highest BCUT2D eigenvalue weighted by Crippen LogP contribution is 2.32. The largest absolute Gasteiger partial charge is 0.454 e. The number of ether oxygens (including phenoxy) is 2. The number of carbonyl (C=O) groups is 1. The third-order valence-corrected chi connectivity index (χ3v) is 4.27. The van der Waals surface area contributed by atoms with Crippen LogP contribution in [0.3, 0.4) is 0 Å². The number of fused-ring (bicyclic) bond motifs is 1. The second kappa shape index (κ2) is 7.37. The first-order valence-electron chi connectivity index (χ1n) is 8.61. The maximum atomic E-state index is 12.4. The number of amides is 1. The van der Waals surface area contributed by atoms with Crippen LogP contribution in [0.5, 0.6) is 11.5 Å². The summed E-state index contributed by atoms with van der Waals surface area (Å²) in [5.74, 6) is 1.38. The lowest BCUT2D eigenvalue weighted by atomic mass is 10.2. The molecule has 3 aromatic rings. The third-order valence-electron chi connectivity index (χ3n) is 4.27. The molecule has 6 nitrogen and oxygen atoms in total. The zero-order chi connectivity index (χ0) is 18.6. The van der Waals surface area contributed by atoms with Gasteiger partial charge in [0.05, 0.1) is 11.9 Å². The molecule has 136 valence electrons. The Morgan fingerprint density at radius 3 is 2.85 bits per heavy atom. The Hall–Kier alpha value is -3.54. The van der Waals surface area contributed by atoms with Crippen molar-refractivity contribution in [2.24, 2.45) is 0 Å². The summed E-state index contributed by atoms with van der Waals surface area (Å²) < 4.78 is 12.5. The van der Waals surface area contributed by atoms with Gasteiger partial charge in [0.25, 0.3) is 0 Å². The van der Waals surface area contributed by atoms with E-state index >= 15 is 0 Å². The van der Waals surface area contributed by atoms with Gasteiger partial charge in [-0.3, -0.25) is 4.79 Å². The van der Waals surface area contributed by atoms with Crippen LogP contribution in [0.4, 0.5) is 0 Å². The second-order valence-corrected chi connectivity index (χ2v) is 6.27. The Kier molecular flexibility index (Phi) is 4.61. The molecule has 0 N–H and O–H groups in total. The van der Waals surface area contributed by atoms with E-state index in [2.05, 4.69) is 5.10 Å². The Morgan fingerprint density at radius 1 is 1.19 bits per heavy atom. The van der Waals surface area contributed by atoms with Gasteiger partial charge in [-0.05, 0) is 35.9 Å². The van der Waals surface area contributed by atoms with Crippen LogP contribution in [0.2, 0.25) is 0 Å². The molecule has 1 aromatic heterocycles. The van der Waals surface area contributed by atoms with Gasteiger partial charge < -0.3 is 14.4 Å². The minimum absolute atomic E-state index is 0.0832. The number of rotatable bonds is 5. The van der Waals surface area contributed by atoms with Gasteiger partial charge in [-0.15, -0.1) is 0 Å². The van der Waals surface area contributed by atoms with E-state index in [4.69, 9.17) is 9.47 Å². The fourth-order valence-electron chi connectivity index (χ4n) is 2.83. The van der Waals surface area contributed by atoms with Gasteiger partial charge in [-0.25, -0.2) is 4.68 Å². The van der Waals surface area contributed by atoms with E-state index in [-0.39, 0.29) is 12.7 Å². The van der Waals surface area contributed by atoms with Crippen molar-refractivity contribution < 1.29 is 14.3 Å². The molecule has 0 radical (unpaired) electrons. The van der Waals surface area contributed by atoms with Crippen molar-refractivity contribution in [3.05, 3.63) is 78.1 Å². The summed E-state index contributed by atoms with van der Waals surface area (Å²) in [6.07, 6.45) is 6.94. The summed E-state index contributed by atoms with van der Waals surface area (Å²) >= 11 is 0. The molecule has 0 atom stereocenters. The van der Waals surface area contributed by atoms with Gasteiger partial charge in [-0.2, -0.15) is 5.10 Å². The lowest BCUT2D eigenvalue weighted by molar-refractivity contribution is -0.125. The maximum Gasteiger partial charge on any atom is 0.246 e. The fraction of sp³-hybridized carbons (Fsp3) is 0.143. The highest BCUT2D eigenvalue weighted by atomic mass is 16.7. The smallest absolute Gasteiger partial charge is 0.246 e. The lowest BCUT2D eigenvalue weighted by Crippen LogP contribution is -2.24. The molecule has 0 bridgehead atoms. The van der Waals surface area contributed by atoms with Gasteiger partial charge in [0.2, 0.25) is 12.7 Å². The summed E-state index contributed by atoms with van der Waals surface area (Å²) in [6.45, 7) is 0.732. The topological polar surface area (TPSA) is 56.6 Å². The predicted molar refractivity (Wildman–Crippen MR) is 102 cm³/mol. The Labute approximate surface area is 157 Å². The molecule has 2 heterocycles. The molecule has 1 aliphatic heterocycles. The first kappa shape index (κ1) is 16.9. The monoisotopic (exact) mass is 361 g/mol. The molecular formula is C21H19N3O3. The van der Waals surface area contributed by atoms with Crippen LogP contribution in [-0.4, -0.2) is 34.4 Å². The number of para-hydroxylation sites is 1. The van der Waals surface area contributed by atoms with Gasteiger partial charge >= 0.3 is 0 Å². The van der Waals surface area contributed by atoms with E-state index in [1.807, 2.05) is 54.7 Å². The summed E-state index contributed by atoms with van der Waals surface area (Å²) in [6, 6.07) is 15.5. The quantitative estimate of drug-likeness (QED) is 0.655. The molecule has 2 aromatic carbocycles. The van der Waals surface area contributed by atoms with Crippen molar-refractivity contribution in [1.82, 2.24) is 14.7 Å². The second-order valence-electron chi connectivity index (χ2n) is 6.27. The van der Waals surface area contributed by atoms with E-state index in [0.717, 1.165) is 28.3 Å². The standard InChI is InChI=1S/C21H19N3O3/c1-23(13-16-7-9-19-20(11-16)27-15-26-19)21(25)10-8-17-12-22-24(14-17)18-5-3-2-4-6-18/h2-12,14H,13,15H2,1H3/b10-8+. The van der Waals surface area contributed by atoms with Crippen LogP contribution in [0, 0.1) is 0 Å². The van der Waals surface area contributed by atoms with Crippen LogP contribution < -0.4 is 9.47 Å². The van der Waals surface area contributed by atoms with Crippen molar-refractivity contribution in [2.45, 2.75) is 6.54 Å². The van der Waals surface area contributed by atoms with Gasteiger partial charge in [0.1, 0.15) is 0 Å². The average Bonchev–Trinajstić information content (AvgIpc) is 3.35. The van der Waals surface area contributed by atoms with Crippen LogP contribution in [0.1, 0.15) is 11.1 Å². The molecule has 4 rings (SSSR count). The molecule has 27 heavy (non-hydrogen) atoms. The van der Waals surface area contributed by atoms with Crippen molar-refractivity contribution in [3.63, 3.8) is 0 Å². The zero-order valence-corrected chi connectivity index (χ0v) is 14.9. The van der Waals surface area contributed by atoms with Crippen molar-refractivity contribution in [3.8, 4) is 17.2 Å². The first-order chi connectivity index (χ1) is 13.2. The number of carbonyl (C=O) groups excluding carboxylic acids is 1. The van der Waals surface area contributed by atoms with Crippen LogP contribution >= 0.6 is 0 Å². The average molecular weight is 361 g/mol. The molecular weight excluding hydrogens is 342 g/mol. The molecule has 6 heteroatoms. The Bertz CT molecular complexity index is 979. The molecule has 1 aliphatic rings. The normalized spacial score (nSPS) is 12.5. The van der Waals surface area contributed by atoms with Crippen molar-refractivity contribution >= 4 is 12.0 Å². The maximum absolute atomic E-state index is 12.4. The summed E-state index contributed by atoms with van der Waals surface area (Å²) in [7, 11) is 1.77. The number of likely N-dealkylation sites (N-methyl/N-ethyl adjacent to an activating group) is 1. The molecule has 1 amide bonds. The van der Waals surface area contributed by atoms with E-state index in [9.17, 15) is 4.79 Å². The number of benzene rings is 2. The zero-order valence-electron chi connectivity index (χ0n) is 14.9. The molecule has 0 unspecified atom stereocenters. The number of aromatic nitrogens is 2. The van der Waals surface area contributed by atoms with Crippen molar-refractivity contribution in [2.75, 3.05) is 13.8 Å². The Balaban J connectivity index is 1.39. The summed E-state index contributed by atoms with van der Waals surface area (Å²) in [5.41, 5.74) is 2.83. The minimum atomic E-state index is -0.0832. The van der Waals surface area contributed by atoms with E-state index in [1.165, 1.54) is 0 Å². The third kappa shape index (κ3) is 3.84. The Morgan fingerprint density at radius 2 is 2.00 bits per heavy atom. The summed E-state index contributed by atoms with van der Waals surface area (Å²) in [5, 5.41) is 4.33. The fourth-order valence-corrected chi connectivity index (χ4v) is 2.83. The number of hydrogen-bond donors (Lipinski definition) is 0. The lowest BCUT2D eigenvalue weighted by Gasteiger charge is -2.15. The highest BCUT2D eigenvalue weighted by molar-refractivity contribution is 5.91. The molecule has 0 saturated heterocycles. The number of hydrogen-bond acceptors (Lipinski definition) is 4. The van der Waals surface area contributed by atoms with E-state index in [1.54, 1.807) is 35.0 Å². The molecule has 0 aliphatic carbocycles. The van der Waals surface area contributed by atoms with Crippen LogP contribution in [0.15, 0.2) is 67.0 Å². The van der Waals surface area contributed by atoms with Crippen LogP contribution in [-0.2, 0) is 11.3 Å². The highest BCUT2D eigenvalue weighted by Gasteiger charge is 2.14. The number of nitrogens with zero attached hydrogens (tertiary/aromatic N) is 3. The van der Waals surface area contributed by atoms with Gasteiger partial charge in [0.15, 0.2) is 11.5 Å². The molecule has 0 saturated carbocycles. The van der Waals surface area contributed by atoms with E-state index < -0.39 is 0 Å². The first-order valence-corrected chi connectivity index (χ1v) is 8.61. The SMILES string of the molecule is CN(Cc1ccc2c(c1)OCO2)C(=O)/C=C/c1cnn(-c2ccccc2)c1. The predicted octanol–water partition coefficient (Wildman–Crippen LogP) is 3.27. The van der Waals surface area contributed by atoms with Gasteiger partial charge in [0, 0.05) is 31.4 Å².